The fourth-order valence-corrected chi connectivity index (χ4v) is 4.52. The summed E-state index contributed by atoms with van der Waals surface area (Å²) in [7, 11) is -1.81. The molecule has 2 aromatic carbocycles. The van der Waals surface area contributed by atoms with E-state index in [9.17, 15) is 13.2 Å². The van der Waals surface area contributed by atoms with E-state index in [1.54, 1.807) is 7.05 Å². The van der Waals surface area contributed by atoms with Crippen LogP contribution in [0.4, 0.5) is 5.69 Å². The quantitative estimate of drug-likeness (QED) is 0.471. The van der Waals surface area contributed by atoms with Gasteiger partial charge in [-0.3, -0.25) is 9.10 Å². The van der Waals surface area contributed by atoms with Crippen LogP contribution < -0.4 is 4.31 Å². The summed E-state index contributed by atoms with van der Waals surface area (Å²) in [5.41, 5.74) is 4.57. The normalized spacial score (nSPS) is 11.4. The molecule has 0 atom stereocenters. The molecule has 0 spiro atoms. The van der Waals surface area contributed by atoms with E-state index in [0.29, 0.717) is 23.8 Å². The average Bonchev–Trinajstić information content (AvgIpc) is 3.18. The van der Waals surface area contributed by atoms with Gasteiger partial charge in [0.2, 0.25) is 27.6 Å². The fourth-order valence-electron chi connectivity index (χ4n) is 3.58. The SMILES string of the molecule is Cc1ccc(-c2noc(CN(C)C(=O)CCCN(c3cc(C)cc(C)c3)S(C)(=O)=O)n2)cc1. The van der Waals surface area contributed by atoms with Crippen molar-refractivity contribution in [1.82, 2.24) is 15.0 Å². The van der Waals surface area contributed by atoms with Crippen molar-refractivity contribution in [3.05, 3.63) is 65.0 Å². The molecular weight excluding hydrogens is 440 g/mol. The highest BCUT2D eigenvalue weighted by Crippen LogP contribution is 2.22. The second kappa shape index (κ2) is 10.2. The highest BCUT2D eigenvalue weighted by molar-refractivity contribution is 7.92. The summed E-state index contributed by atoms with van der Waals surface area (Å²) in [4.78, 5) is 18.5. The van der Waals surface area contributed by atoms with Crippen molar-refractivity contribution >= 4 is 21.6 Å². The Kier molecular flexibility index (Phi) is 7.53. The van der Waals surface area contributed by atoms with Crippen molar-refractivity contribution in [3.63, 3.8) is 0 Å². The number of rotatable bonds is 9. The van der Waals surface area contributed by atoms with Crippen LogP contribution in [0.3, 0.4) is 0 Å². The van der Waals surface area contributed by atoms with Gasteiger partial charge in [-0.2, -0.15) is 4.98 Å². The van der Waals surface area contributed by atoms with Gasteiger partial charge in [0.15, 0.2) is 0 Å². The second-order valence-electron chi connectivity index (χ2n) is 8.41. The molecule has 0 unspecified atom stereocenters. The highest BCUT2D eigenvalue weighted by Gasteiger charge is 2.20. The first-order valence-electron chi connectivity index (χ1n) is 10.7. The minimum absolute atomic E-state index is 0.126. The molecule has 9 heteroatoms. The third kappa shape index (κ3) is 6.64. The van der Waals surface area contributed by atoms with Crippen molar-refractivity contribution in [2.75, 3.05) is 24.2 Å². The summed E-state index contributed by atoms with van der Waals surface area (Å²) in [6.45, 7) is 6.27. The van der Waals surface area contributed by atoms with Crippen molar-refractivity contribution in [3.8, 4) is 11.4 Å². The number of carbonyl (C=O) groups is 1. The predicted octanol–water partition coefficient (Wildman–Crippen LogP) is 3.87. The topological polar surface area (TPSA) is 96.6 Å². The molecule has 1 aromatic heterocycles. The Morgan fingerprint density at radius 1 is 1.00 bits per heavy atom. The van der Waals surface area contributed by atoms with Crippen molar-refractivity contribution in [2.45, 2.75) is 40.2 Å². The number of amides is 1. The van der Waals surface area contributed by atoms with Crippen LogP contribution in [0.2, 0.25) is 0 Å². The Bertz CT molecular complexity index is 1200. The first-order valence-corrected chi connectivity index (χ1v) is 12.6. The summed E-state index contributed by atoms with van der Waals surface area (Å²) in [5.74, 6) is 0.691. The van der Waals surface area contributed by atoms with E-state index >= 15 is 0 Å². The Hall–Kier alpha value is -3.20. The lowest BCUT2D eigenvalue weighted by Crippen LogP contribution is -2.32. The summed E-state index contributed by atoms with van der Waals surface area (Å²) < 4.78 is 31.3. The monoisotopic (exact) mass is 470 g/mol. The molecule has 176 valence electrons. The summed E-state index contributed by atoms with van der Waals surface area (Å²) in [5, 5.41) is 3.99. The van der Waals surface area contributed by atoms with Crippen molar-refractivity contribution < 1.29 is 17.7 Å². The molecule has 0 N–H and O–H groups in total. The number of nitrogens with zero attached hydrogens (tertiary/aromatic N) is 4. The number of sulfonamides is 1. The Balaban J connectivity index is 1.58. The minimum atomic E-state index is -3.47. The average molecular weight is 471 g/mol. The Labute approximate surface area is 195 Å². The number of hydrogen-bond donors (Lipinski definition) is 0. The summed E-state index contributed by atoms with van der Waals surface area (Å²) in [6, 6.07) is 13.4. The standard InChI is InChI=1S/C24H30N4O4S/c1-17-8-10-20(11-9-17)24-25-22(32-26-24)16-27(4)23(29)7-6-12-28(33(5,30)31)21-14-18(2)13-19(3)15-21/h8-11,13-15H,6-7,12,16H2,1-5H3. The van der Waals surface area contributed by atoms with Gasteiger partial charge in [-0.1, -0.05) is 41.1 Å². The van der Waals surface area contributed by atoms with Gasteiger partial charge in [0.25, 0.3) is 0 Å². The number of aromatic nitrogens is 2. The third-order valence-corrected chi connectivity index (χ3v) is 6.42. The lowest BCUT2D eigenvalue weighted by molar-refractivity contribution is -0.130. The van der Waals surface area contributed by atoms with Gasteiger partial charge in [0, 0.05) is 25.6 Å². The second-order valence-corrected chi connectivity index (χ2v) is 10.3. The minimum Gasteiger partial charge on any atom is -0.337 e. The van der Waals surface area contributed by atoms with E-state index in [1.165, 1.54) is 15.5 Å². The maximum atomic E-state index is 12.6. The number of benzene rings is 2. The van der Waals surface area contributed by atoms with Gasteiger partial charge in [0.05, 0.1) is 18.5 Å². The first-order chi connectivity index (χ1) is 15.5. The molecule has 1 heterocycles. The smallest absolute Gasteiger partial charge is 0.246 e. The molecule has 0 saturated carbocycles. The van der Waals surface area contributed by atoms with E-state index in [-0.39, 0.29) is 25.4 Å². The molecule has 1 amide bonds. The van der Waals surface area contributed by atoms with Gasteiger partial charge >= 0.3 is 0 Å². The molecule has 0 saturated heterocycles. The zero-order valence-electron chi connectivity index (χ0n) is 19.7. The lowest BCUT2D eigenvalue weighted by Gasteiger charge is -2.23. The largest absolute Gasteiger partial charge is 0.337 e. The van der Waals surface area contributed by atoms with Crippen LogP contribution in [0.15, 0.2) is 47.0 Å². The van der Waals surface area contributed by atoms with Crippen LogP contribution in [0, 0.1) is 20.8 Å². The molecular formula is C24H30N4O4S. The zero-order valence-corrected chi connectivity index (χ0v) is 20.5. The molecule has 0 aliphatic rings. The van der Waals surface area contributed by atoms with Crippen LogP contribution >= 0.6 is 0 Å². The molecule has 0 aliphatic heterocycles. The van der Waals surface area contributed by atoms with Gasteiger partial charge in [-0.15, -0.1) is 0 Å². The highest BCUT2D eigenvalue weighted by atomic mass is 32.2. The summed E-state index contributed by atoms with van der Waals surface area (Å²) >= 11 is 0. The number of hydrogen-bond acceptors (Lipinski definition) is 6. The van der Waals surface area contributed by atoms with Crippen LogP contribution in [0.25, 0.3) is 11.4 Å². The predicted molar refractivity (Wildman–Crippen MR) is 128 cm³/mol. The number of anilines is 1. The fraction of sp³-hybridized carbons (Fsp3) is 0.375. The number of carbonyl (C=O) groups excluding carboxylic acids is 1. The molecule has 0 radical (unpaired) electrons. The molecule has 0 fully saturated rings. The van der Waals surface area contributed by atoms with Crippen LogP contribution in [-0.4, -0.2) is 49.2 Å². The third-order valence-electron chi connectivity index (χ3n) is 5.22. The molecule has 8 nitrogen and oxygen atoms in total. The first kappa shape index (κ1) is 24.4. The van der Waals surface area contributed by atoms with Crippen molar-refractivity contribution in [1.29, 1.82) is 0 Å². The van der Waals surface area contributed by atoms with Crippen LogP contribution in [0.1, 0.15) is 35.4 Å². The molecule has 0 bridgehead atoms. The van der Waals surface area contributed by atoms with Gasteiger partial charge in [-0.05, 0) is 50.5 Å². The van der Waals surface area contributed by atoms with Gasteiger partial charge in [0.1, 0.15) is 0 Å². The van der Waals surface area contributed by atoms with Crippen LogP contribution in [-0.2, 0) is 21.4 Å². The Morgan fingerprint density at radius 2 is 1.64 bits per heavy atom. The van der Waals surface area contributed by atoms with E-state index in [2.05, 4.69) is 10.1 Å². The zero-order chi connectivity index (χ0) is 24.2. The van der Waals surface area contributed by atoms with E-state index < -0.39 is 10.0 Å². The van der Waals surface area contributed by atoms with E-state index in [1.807, 2.05) is 63.2 Å². The molecule has 0 aliphatic carbocycles. The lowest BCUT2D eigenvalue weighted by atomic mass is 10.1. The van der Waals surface area contributed by atoms with Crippen LogP contribution in [0.5, 0.6) is 0 Å². The molecule has 3 rings (SSSR count). The maximum absolute atomic E-state index is 12.6. The van der Waals surface area contributed by atoms with Gasteiger partial charge in [-0.25, -0.2) is 8.42 Å². The number of aryl methyl sites for hydroxylation is 3. The van der Waals surface area contributed by atoms with Gasteiger partial charge < -0.3 is 9.42 Å². The van der Waals surface area contributed by atoms with Crippen molar-refractivity contribution in [2.24, 2.45) is 0 Å². The summed E-state index contributed by atoms with van der Waals surface area (Å²) in [6.07, 6.45) is 1.77. The van der Waals surface area contributed by atoms with E-state index in [0.717, 1.165) is 22.3 Å². The maximum Gasteiger partial charge on any atom is 0.246 e. The van der Waals surface area contributed by atoms with E-state index in [4.69, 9.17) is 4.52 Å². The Morgan fingerprint density at radius 3 is 2.24 bits per heavy atom. The molecule has 33 heavy (non-hydrogen) atoms. The molecule has 3 aromatic rings.